The summed E-state index contributed by atoms with van der Waals surface area (Å²) >= 11 is 1.69. The van der Waals surface area contributed by atoms with E-state index in [-0.39, 0.29) is 17.6 Å². The molecule has 4 rings (SSSR count). The van der Waals surface area contributed by atoms with Gasteiger partial charge in [-0.1, -0.05) is 12.1 Å². The van der Waals surface area contributed by atoms with Crippen LogP contribution in [0.25, 0.3) is 0 Å². The monoisotopic (exact) mass is 398 g/mol. The van der Waals surface area contributed by atoms with Gasteiger partial charge >= 0.3 is 0 Å². The van der Waals surface area contributed by atoms with Crippen LogP contribution in [0.1, 0.15) is 37.7 Å². The van der Waals surface area contributed by atoms with E-state index in [1.165, 1.54) is 4.90 Å². The zero-order valence-electron chi connectivity index (χ0n) is 16.4. The highest BCUT2D eigenvalue weighted by Crippen LogP contribution is 2.43. The van der Waals surface area contributed by atoms with Crippen molar-refractivity contribution in [2.75, 3.05) is 32.6 Å². The summed E-state index contributed by atoms with van der Waals surface area (Å²) in [5, 5.41) is 3.40. The number of carbonyl (C=O) groups excluding carboxylic acids is 2. The fourth-order valence-corrected chi connectivity index (χ4v) is 4.74. The Morgan fingerprint density at radius 1 is 1.18 bits per heavy atom. The highest BCUT2D eigenvalue weighted by atomic mass is 32.2. The first-order chi connectivity index (χ1) is 13.6. The van der Waals surface area contributed by atoms with E-state index in [4.69, 9.17) is 4.74 Å². The number of hydrogen-bond acceptors (Lipinski definition) is 5. The molecule has 148 valence electrons. The van der Waals surface area contributed by atoms with Crippen LogP contribution >= 0.6 is 11.8 Å². The third-order valence-electron chi connectivity index (χ3n) is 5.75. The Bertz CT molecular complexity index is 851. The van der Waals surface area contributed by atoms with Gasteiger partial charge in [-0.25, -0.2) is 0 Å². The van der Waals surface area contributed by atoms with Gasteiger partial charge in [0.1, 0.15) is 0 Å². The number of Topliss-reactive ketones (excluding diaryl/α,β-unsaturated/α-hetero) is 1. The number of dihydropyridines is 1. The van der Waals surface area contributed by atoms with Crippen molar-refractivity contribution >= 4 is 23.5 Å². The predicted molar refractivity (Wildman–Crippen MR) is 110 cm³/mol. The summed E-state index contributed by atoms with van der Waals surface area (Å²) in [5.74, 6) is -0.125. The number of nitrogens with one attached hydrogen (secondary N) is 1. The van der Waals surface area contributed by atoms with Crippen molar-refractivity contribution in [2.45, 2.75) is 37.0 Å². The molecule has 1 amide bonds. The molecule has 0 saturated carbocycles. The summed E-state index contributed by atoms with van der Waals surface area (Å²) in [6.07, 6.45) is 4.32. The lowest BCUT2D eigenvalue weighted by Gasteiger charge is -2.37. The van der Waals surface area contributed by atoms with Crippen molar-refractivity contribution in [1.82, 2.24) is 10.2 Å². The number of carbonyl (C=O) groups is 2. The van der Waals surface area contributed by atoms with Crippen LogP contribution < -0.4 is 5.32 Å². The van der Waals surface area contributed by atoms with Crippen molar-refractivity contribution in [2.24, 2.45) is 0 Å². The normalized spacial score (nSPS) is 22.9. The fourth-order valence-electron chi connectivity index (χ4n) is 4.33. The van der Waals surface area contributed by atoms with Crippen LogP contribution in [0.2, 0.25) is 0 Å². The number of nitrogens with zero attached hydrogens (tertiary/aromatic N) is 1. The lowest BCUT2D eigenvalue weighted by molar-refractivity contribution is -0.131. The average molecular weight is 399 g/mol. The van der Waals surface area contributed by atoms with Crippen LogP contribution in [-0.4, -0.2) is 49.1 Å². The minimum absolute atomic E-state index is 0.0113. The van der Waals surface area contributed by atoms with Crippen molar-refractivity contribution < 1.29 is 14.3 Å². The first kappa shape index (κ1) is 19.3. The van der Waals surface area contributed by atoms with Gasteiger partial charge in [0.05, 0.1) is 13.2 Å². The minimum Gasteiger partial charge on any atom is -0.378 e. The number of hydrogen-bond donors (Lipinski definition) is 1. The molecule has 2 heterocycles. The van der Waals surface area contributed by atoms with Crippen molar-refractivity contribution in [3.63, 3.8) is 0 Å². The van der Waals surface area contributed by atoms with Crippen LogP contribution in [0, 0.1) is 0 Å². The number of morpholine rings is 1. The number of thioether (sulfide) groups is 1. The van der Waals surface area contributed by atoms with Crippen LogP contribution in [0.3, 0.4) is 0 Å². The molecule has 1 aromatic carbocycles. The average Bonchev–Trinajstić information content (AvgIpc) is 2.73. The number of benzene rings is 1. The Balaban J connectivity index is 1.79. The molecular weight excluding hydrogens is 372 g/mol. The Morgan fingerprint density at radius 3 is 2.57 bits per heavy atom. The molecule has 2 aliphatic heterocycles. The lowest BCUT2D eigenvalue weighted by Crippen LogP contribution is -2.44. The molecule has 0 bridgehead atoms. The molecule has 5 nitrogen and oxygen atoms in total. The van der Waals surface area contributed by atoms with Gasteiger partial charge in [-0.05, 0) is 43.7 Å². The van der Waals surface area contributed by atoms with Crippen molar-refractivity contribution in [3.05, 3.63) is 52.4 Å². The standard InChI is InChI=1S/C22H26N2O3S/c1-14-19(22(26)24-10-12-27-13-11-24)20(15-6-8-16(28-2)9-7-15)21-17(23-14)4-3-5-18(21)25/h6-9,20,23H,3-5,10-13H2,1-2H3/t20-/m0/s1. The van der Waals surface area contributed by atoms with E-state index < -0.39 is 0 Å². The predicted octanol–water partition coefficient (Wildman–Crippen LogP) is 3.24. The van der Waals surface area contributed by atoms with E-state index >= 15 is 0 Å². The molecule has 0 radical (unpaired) electrons. The first-order valence-corrected chi connectivity index (χ1v) is 11.1. The molecule has 28 heavy (non-hydrogen) atoms. The Labute approximate surface area is 170 Å². The SMILES string of the molecule is CSc1ccc([C@H]2C(C(=O)N3CCOCC3)=C(C)NC3=C2C(=O)CCC3)cc1. The molecule has 6 heteroatoms. The third-order valence-corrected chi connectivity index (χ3v) is 6.50. The van der Waals surface area contributed by atoms with Crippen LogP contribution in [0.15, 0.2) is 51.7 Å². The van der Waals surface area contributed by atoms with E-state index in [9.17, 15) is 9.59 Å². The van der Waals surface area contributed by atoms with Gasteiger partial charge < -0.3 is 15.0 Å². The number of ether oxygens (including phenoxy) is 1. The molecule has 3 aliphatic rings. The van der Waals surface area contributed by atoms with Crippen molar-refractivity contribution in [1.29, 1.82) is 0 Å². The third kappa shape index (κ3) is 3.51. The summed E-state index contributed by atoms with van der Waals surface area (Å²) in [7, 11) is 0. The van der Waals surface area contributed by atoms with Crippen LogP contribution in [0.4, 0.5) is 0 Å². The van der Waals surface area contributed by atoms with Gasteiger partial charge in [-0.3, -0.25) is 9.59 Å². The van der Waals surface area contributed by atoms with E-state index in [1.807, 2.05) is 18.1 Å². The van der Waals surface area contributed by atoms with Crippen molar-refractivity contribution in [3.8, 4) is 0 Å². The second-order valence-corrected chi connectivity index (χ2v) is 8.32. The maximum absolute atomic E-state index is 13.5. The largest absolute Gasteiger partial charge is 0.378 e. The molecule has 0 aromatic heterocycles. The maximum atomic E-state index is 13.5. The maximum Gasteiger partial charge on any atom is 0.252 e. The molecule has 1 aromatic rings. The number of ketones is 1. The quantitative estimate of drug-likeness (QED) is 0.792. The Kier molecular flexibility index (Phi) is 5.60. The van der Waals surface area contributed by atoms with E-state index in [2.05, 4.69) is 29.6 Å². The van der Waals surface area contributed by atoms with Gasteiger partial charge in [0, 0.05) is 52.9 Å². The molecule has 1 fully saturated rings. The highest BCUT2D eigenvalue weighted by Gasteiger charge is 2.39. The molecule has 1 atom stereocenters. The first-order valence-electron chi connectivity index (χ1n) is 9.85. The number of rotatable bonds is 3. The zero-order chi connectivity index (χ0) is 19.7. The number of amides is 1. The van der Waals surface area contributed by atoms with E-state index in [1.54, 1.807) is 11.8 Å². The van der Waals surface area contributed by atoms with Crippen LogP contribution in [0.5, 0.6) is 0 Å². The number of allylic oxidation sites excluding steroid dienone is 3. The summed E-state index contributed by atoms with van der Waals surface area (Å²) in [6.45, 7) is 4.26. The second-order valence-electron chi connectivity index (χ2n) is 7.44. The van der Waals surface area contributed by atoms with E-state index in [0.29, 0.717) is 38.3 Å². The smallest absolute Gasteiger partial charge is 0.252 e. The Hall–Kier alpha value is -2.05. The van der Waals surface area contributed by atoms with Gasteiger partial charge in [-0.15, -0.1) is 11.8 Å². The summed E-state index contributed by atoms with van der Waals surface area (Å²) in [5.41, 5.74) is 4.35. The summed E-state index contributed by atoms with van der Waals surface area (Å²) in [6, 6.07) is 8.27. The molecular formula is C22H26N2O3S. The van der Waals surface area contributed by atoms with Crippen LogP contribution in [-0.2, 0) is 14.3 Å². The molecule has 0 unspecified atom stereocenters. The lowest BCUT2D eigenvalue weighted by atomic mass is 9.75. The Morgan fingerprint density at radius 2 is 1.89 bits per heavy atom. The molecule has 1 N–H and O–H groups in total. The van der Waals surface area contributed by atoms with Gasteiger partial charge in [0.2, 0.25) is 0 Å². The molecule has 1 saturated heterocycles. The molecule has 0 spiro atoms. The molecule has 1 aliphatic carbocycles. The van der Waals surface area contributed by atoms with Gasteiger partial charge in [0.25, 0.3) is 5.91 Å². The highest BCUT2D eigenvalue weighted by molar-refractivity contribution is 7.98. The zero-order valence-corrected chi connectivity index (χ0v) is 17.2. The fraction of sp³-hybridized carbons (Fsp3) is 0.455. The van der Waals surface area contributed by atoms with Gasteiger partial charge in [-0.2, -0.15) is 0 Å². The minimum atomic E-state index is -0.296. The second kappa shape index (κ2) is 8.13. The summed E-state index contributed by atoms with van der Waals surface area (Å²) < 4.78 is 5.41. The van der Waals surface area contributed by atoms with Gasteiger partial charge in [0.15, 0.2) is 5.78 Å². The summed E-state index contributed by atoms with van der Waals surface area (Å²) in [4.78, 5) is 29.4. The topological polar surface area (TPSA) is 58.6 Å². The van der Waals surface area contributed by atoms with E-state index in [0.717, 1.165) is 35.4 Å².